The van der Waals surface area contributed by atoms with Gasteiger partial charge in [-0.2, -0.15) is 0 Å². The number of hydrogen-bond donors (Lipinski definition) is 2. The highest BCUT2D eigenvalue weighted by atomic mass is 16.6. The van der Waals surface area contributed by atoms with Crippen LogP contribution in [-0.4, -0.2) is 35.6 Å². The van der Waals surface area contributed by atoms with Crippen molar-refractivity contribution in [2.24, 2.45) is 0 Å². The van der Waals surface area contributed by atoms with Crippen LogP contribution < -0.4 is 10.6 Å². The predicted octanol–water partition coefficient (Wildman–Crippen LogP) is 2.10. The van der Waals surface area contributed by atoms with Crippen molar-refractivity contribution in [1.82, 2.24) is 10.3 Å². The Balaban J connectivity index is 1.78. The molecule has 0 radical (unpaired) electrons. The summed E-state index contributed by atoms with van der Waals surface area (Å²) in [4.78, 5) is 27.5. The Morgan fingerprint density at radius 1 is 1.09 bits per heavy atom. The van der Waals surface area contributed by atoms with Crippen LogP contribution in [0.5, 0.6) is 0 Å². The Bertz CT molecular complexity index is 708. The van der Waals surface area contributed by atoms with E-state index < -0.39 is 17.5 Å². The maximum absolute atomic E-state index is 11.6. The molecule has 0 fully saturated rings. The first-order valence-corrected chi connectivity index (χ1v) is 7.46. The SMILES string of the molecule is CC(C)(C)OC(=O)C(=O)NCCNc1ccc2ccccc2n1. The van der Waals surface area contributed by atoms with Crippen molar-refractivity contribution in [2.45, 2.75) is 26.4 Å². The van der Waals surface area contributed by atoms with Crippen molar-refractivity contribution in [2.75, 3.05) is 18.4 Å². The van der Waals surface area contributed by atoms with E-state index in [1.807, 2.05) is 36.4 Å². The van der Waals surface area contributed by atoms with Gasteiger partial charge in [-0.05, 0) is 39.0 Å². The second-order valence-corrected chi connectivity index (χ2v) is 6.07. The lowest BCUT2D eigenvalue weighted by molar-refractivity contribution is -0.163. The first-order chi connectivity index (χ1) is 10.8. The van der Waals surface area contributed by atoms with Gasteiger partial charge in [-0.15, -0.1) is 0 Å². The van der Waals surface area contributed by atoms with Crippen molar-refractivity contribution < 1.29 is 14.3 Å². The molecule has 1 aromatic carbocycles. The van der Waals surface area contributed by atoms with Gasteiger partial charge >= 0.3 is 11.9 Å². The molecular weight excluding hydrogens is 294 g/mol. The fraction of sp³-hybridized carbons (Fsp3) is 0.353. The summed E-state index contributed by atoms with van der Waals surface area (Å²) in [7, 11) is 0. The topological polar surface area (TPSA) is 80.3 Å². The lowest BCUT2D eigenvalue weighted by Gasteiger charge is -2.18. The molecule has 1 aromatic heterocycles. The number of rotatable bonds is 4. The Hall–Kier alpha value is -2.63. The molecule has 0 saturated carbocycles. The van der Waals surface area contributed by atoms with E-state index in [0.717, 1.165) is 16.7 Å². The highest BCUT2D eigenvalue weighted by molar-refractivity contribution is 6.32. The summed E-state index contributed by atoms with van der Waals surface area (Å²) in [6.07, 6.45) is 0. The number of para-hydroxylation sites is 1. The van der Waals surface area contributed by atoms with E-state index in [1.165, 1.54) is 0 Å². The molecule has 23 heavy (non-hydrogen) atoms. The number of hydrogen-bond acceptors (Lipinski definition) is 5. The normalized spacial score (nSPS) is 11.1. The van der Waals surface area contributed by atoms with Gasteiger partial charge in [-0.25, -0.2) is 9.78 Å². The Morgan fingerprint density at radius 3 is 2.57 bits per heavy atom. The maximum atomic E-state index is 11.6. The Labute approximate surface area is 135 Å². The number of ether oxygens (including phenoxy) is 1. The van der Waals surface area contributed by atoms with Crippen LogP contribution in [0.4, 0.5) is 5.82 Å². The molecule has 0 aliphatic carbocycles. The van der Waals surface area contributed by atoms with E-state index in [1.54, 1.807) is 20.8 Å². The van der Waals surface area contributed by atoms with Crippen LogP contribution in [0.15, 0.2) is 36.4 Å². The van der Waals surface area contributed by atoms with Crippen LogP contribution in [-0.2, 0) is 14.3 Å². The molecule has 0 spiro atoms. The highest BCUT2D eigenvalue weighted by Crippen LogP contribution is 2.14. The quantitative estimate of drug-likeness (QED) is 0.513. The number of carbonyl (C=O) groups is 2. The molecule has 0 unspecified atom stereocenters. The van der Waals surface area contributed by atoms with Gasteiger partial charge in [0.1, 0.15) is 11.4 Å². The molecule has 6 heteroatoms. The van der Waals surface area contributed by atoms with E-state index >= 15 is 0 Å². The zero-order valence-electron chi connectivity index (χ0n) is 13.6. The van der Waals surface area contributed by atoms with Crippen LogP contribution in [0.1, 0.15) is 20.8 Å². The second-order valence-electron chi connectivity index (χ2n) is 6.07. The van der Waals surface area contributed by atoms with Crippen molar-refractivity contribution in [1.29, 1.82) is 0 Å². The van der Waals surface area contributed by atoms with E-state index in [4.69, 9.17) is 4.74 Å². The van der Waals surface area contributed by atoms with Gasteiger partial charge in [0.05, 0.1) is 5.52 Å². The summed E-state index contributed by atoms with van der Waals surface area (Å²) in [5, 5.41) is 6.68. The Morgan fingerprint density at radius 2 is 1.83 bits per heavy atom. The minimum absolute atomic E-state index is 0.298. The minimum atomic E-state index is -0.874. The monoisotopic (exact) mass is 315 g/mol. The zero-order valence-corrected chi connectivity index (χ0v) is 13.6. The first kappa shape index (κ1) is 16.7. The lowest BCUT2D eigenvalue weighted by Crippen LogP contribution is -2.38. The Kier molecular flexibility index (Phi) is 5.16. The van der Waals surface area contributed by atoms with Crippen LogP contribution in [0.25, 0.3) is 10.9 Å². The molecule has 2 aromatic rings. The molecule has 2 N–H and O–H groups in total. The smallest absolute Gasteiger partial charge is 0.397 e. The zero-order chi connectivity index (χ0) is 16.9. The second kappa shape index (κ2) is 7.09. The predicted molar refractivity (Wildman–Crippen MR) is 89.1 cm³/mol. The molecule has 1 heterocycles. The molecular formula is C17H21N3O3. The number of esters is 1. The fourth-order valence-corrected chi connectivity index (χ4v) is 1.93. The lowest BCUT2D eigenvalue weighted by atomic mass is 10.2. The van der Waals surface area contributed by atoms with Gasteiger partial charge in [0.2, 0.25) is 0 Å². The van der Waals surface area contributed by atoms with E-state index in [0.29, 0.717) is 13.1 Å². The number of pyridine rings is 1. The maximum Gasteiger partial charge on any atom is 0.397 e. The first-order valence-electron chi connectivity index (χ1n) is 7.46. The summed E-state index contributed by atoms with van der Waals surface area (Å²) in [6.45, 7) is 5.90. The van der Waals surface area contributed by atoms with Gasteiger partial charge in [0.15, 0.2) is 0 Å². The minimum Gasteiger partial charge on any atom is -0.453 e. The summed E-state index contributed by atoms with van der Waals surface area (Å²) < 4.78 is 4.98. The molecule has 0 saturated heterocycles. The van der Waals surface area contributed by atoms with Crippen molar-refractivity contribution in [3.63, 3.8) is 0 Å². The number of benzene rings is 1. The third-order valence-corrected chi connectivity index (χ3v) is 2.90. The van der Waals surface area contributed by atoms with Gasteiger partial charge in [0.25, 0.3) is 0 Å². The van der Waals surface area contributed by atoms with Gasteiger partial charge in [-0.1, -0.05) is 18.2 Å². The van der Waals surface area contributed by atoms with E-state index in [-0.39, 0.29) is 0 Å². The van der Waals surface area contributed by atoms with Crippen molar-refractivity contribution in [3.05, 3.63) is 36.4 Å². The number of nitrogens with one attached hydrogen (secondary N) is 2. The summed E-state index contributed by atoms with van der Waals surface area (Å²) >= 11 is 0. The molecule has 1 amide bonds. The largest absolute Gasteiger partial charge is 0.453 e. The van der Waals surface area contributed by atoms with Crippen LogP contribution in [0, 0.1) is 0 Å². The number of nitrogens with zero attached hydrogens (tertiary/aromatic N) is 1. The van der Waals surface area contributed by atoms with E-state index in [9.17, 15) is 9.59 Å². The fourth-order valence-electron chi connectivity index (χ4n) is 1.93. The molecule has 0 aliphatic rings. The molecule has 2 rings (SSSR count). The van der Waals surface area contributed by atoms with E-state index in [2.05, 4.69) is 15.6 Å². The van der Waals surface area contributed by atoms with Crippen LogP contribution in [0.2, 0.25) is 0 Å². The average molecular weight is 315 g/mol. The molecule has 0 bridgehead atoms. The molecule has 6 nitrogen and oxygen atoms in total. The number of amides is 1. The van der Waals surface area contributed by atoms with Crippen LogP contribution in [0.3, 0.4) is 0 Å². The third kappa shape index (κ3) is 5.25. The van der Waals surface area contributed by atoms with Gasteiger partial charge in [-0.3, -0.25) is 4.79 Å². The summed E-state index contributed by atoms with van der Waals surface area (Å²) in [5.74, 6) is -0.898. The number of aromatic nitrogens is 1. The van der Waals surface area contributed by atoms with Gasteiger partial charge < -0.3 is 15.4 Å². The van der Waals surface area contributed by atoms with Gasteiger partial charge in [0, 0.05) is 18.5 Å². The average Bonchev–Trinajstić information content (AvgIpc) is 2.49. The number of anilines is 1. The molecule has 0 atom stereocenters. The molecule has 0 aliphatic heterocycles. The number of carbonyl (C=O) groups excluding carboxylic acids is 2. The van der Waals surface area contributed by atoms with Crippen LogP contribution >= 0.6 is 0 Å². The standard InChI is InChI=1S/C17H21N3O3/c1-17(2,3)23-16(22)15(21)19-11-10-18-14-9-8-12-6-4-5-7-13(12)20-14/h4-9H,10-11H2,1-3H3,(H,18,20)(H,19,21). The highest BCUT2D eigenvalue weighted by Gasteiger charge is 2.22. The summed E-state index contributed by atoms with van der Waals surface area (Å²) in [6, 6.07) is 11.7. The third-order valence-electron chi connectivity index (χ3n) is 2.90. The van der Waals surface area contributed by atoms with Crippen molar-refractivity contribution >= 4 is 28.6 Å². The summed E-state index contributed by atoms with van der Waals surface area (Å²) in [5.41, 5.74) is 0.220. The number of fused-ring (bicyclic) bond motifs is 1. The molecule has 122 valence electrons. The van der Waals surface area contributed by atoms with Crippen molar-refractivity contribution in [3.8, 4) is 0 Å².